The fraction of sp³-hybridized carbons (Fsp3) is 0.500. The summed E-state index contributed by atoms with van der Waals surface area (Å²) in [7, 11) is 1.61. The highest BCUT2D eigenvalue weighted by Gasteiger charge is 2.32. The van der Waals surface area contributed by atoms with Crippen LogP contribution in [0.2, 0.25) is 0 Å². The monoisotopic (exact) mass is 233 g/mol. The minimum Gasteiger partial charge on any atom is -0.496 e. The van der Waals surface area contributed by atoms with Crippen molar-refractivity contribution in [1.82, 2.24) is 0 Å². The second kappa shape index (κ2) is 5.20. The molecule has 0 aliphatic rings. The standard InChI is InChI=1S/C14H19NO2/c1-5-14(3,9-15)13(16)11-6-7-12(17-4)10(2)8-11/h6-8,13,16H,5H2,1-4H3. The summed E-state index contributed by atoms with van der Waals surface area (Å²) in [5.74, 6) is 0.788. The van der Waals surface area contributed by atoms with Crippen molar-refractivity contribution in [2.45, 2.75) is 33.3 Å². The first-order valence-corrected chi connectivity index (χ1v) is 5.72. The molecule has 0 heterocycles. The molecule has 3 heteroatoms. The van der Waals surface area contributed by atoms with Gasteiger partial charge in [0, 0.05) is 0 Å². The number of ether oxygens (including phenoxy) is 1. The molecule has 0 fully saturated rings. The molecule has 0 aliphatic carbocycles. The van der Waals surface area contributed by atoms with Crippen LogP contribution in [0.25, 0.3) is 0 Å². The molecule has 1 aromatic carbocycles. The number of benzene rings is 1. The van der Waals surface area contributed by atoms with Gasteiger partial charge in [0.05, 0.1) is 24.7 Å². The van der Waals surface area contributed by atoms with Crippen LogP contribution in [0.4, 0.5) is 0 Å². The van der Waals surface area contributed by atoms with Gasteiger partial charge >= 0.3 is 0 Å². The molecular formula is C14H19NO2. The number of methoxy groups -OCH3 is 1. The molecule has 0 aliphatic heterocycles. The zero-order valence-electron chi connectivity index (χ0n) is 10.8. The molecule has 1 rings (SSSR count). The van der Waals surface area contributed by atoms with Crippen molar-refractivity contribution in [3.8, 4) is 11.8 Å². The van der Waals surface area contributed by atoms with Crippen molar-refractivity contribution in [1.29, 1.82) is 5.26 Å². The molecule has 3 nitrogen and oxygen atoms in total. The Morgan fingerprint density at radius 3 is 2.59 bits per heavy atom. The number of rotatable bonds is 4. The second-order valence-corrected chi connectivity index (χ2v) is 4.51. The molecule has 0 bridgehead atoms. The van der Waals surface area contributed by atoms with E-state index < -0.39 is 11.5 Å². The fourth-order valence-electron chi connectivity index (χ4n) is 1.77. The molecule has 0 amide bonds. The molecule has 92 valence electrons. The van der Waals surface area contributed by atoms with Gasteiger partial charge in [-0.15, -0.1) is 0 Å². The summed E-state index contributed by atoms with van der Waals surface area (Å²) < 4.78 is 5.17. The third-order valence-corrected chi connectivity index (χ3v) is 3.33. The molecule has 17 heavy (non-hydrogen) atoms. The van der Waals surface area contributed by atoms with Gasteiger partial charge in [0.1, 0.15) is 5.75 Å². The van der Waals surface area contributed by atoms with Gasteiger partial charge < -0.3 is 9.84 Å². The molecule has 0 aromatic heterocycles. The quantitative estimate of drug-likeness (QED) is 0.869. The van der Waals surface area contributed by atoms with Gasteiger partial charge in [-0.2, -0.15) is 5.26 Å². The molecule has 2 unspecified atom stereocenters. The number of aliphatic hydroxyl groups excluding tert-OH is 1. The maximum absolute atomic E-state index is 10.3. The average molecular weight is 233 g/mol. The normalized spacial score (nSPS) is 15.8. The highest BCUT2D eigenvalue weighted by atomic mass is 16.5. The van der Waals surface area contributed by atoms with Crippen molar-refractivity contribution < 1.29 is 9.84 Å². The van der Waals surface area contributed by atoms with Crippen LogP contribution in [0.15, 0.2) is 18.2 Å². The van der Waals surface area contributed by atoms with Crippen molar-refractivity contribution in [2.24, 2.45) is 5.41 Å². The lowest BCUT2D eigenvalue weighted by molar-refractivity contribution is 0.0721. The number of hydrogen-bond donors (Lipinski definition) is 1. The average Bonchev–Trinajstić information content (AvgIpc) is 2.36. The molecule has 1 N–H and O–H groups in total. The topological polar surface area (TPSA) is 53.2 Å². The Hall–Kier alpha value is -1.53. The van der Waals surface area contributed by atoms with Gasteiger partial charge in [-0.05, 0) is 43.5 Å². The van der Waals surface area contributed by atoms with E-state index in [-0.39, 0.29) is 0 Å². The minimum atomic E-state index is -0.776. The Balaban J connectivity index is 3.10. The maximum Gasteiger partial charge on any atom is 0.121 e. The highest BCUT2D eigenvalue weighted by molar-refractivity contribution is 5.38. The molecule has 1 aromatic rings. The molecular weight excluding hydrogens is 214 g/mol. The van der Waals surface area contributed by atoms with E-state index >= 15 is 0 Å². The van der Waals surface area contributed by atoms with Crippen molar-refractivity contribution >= 4 is 0 Å². The maximum atomic E-state index is 10.3. The third-order valence-electron chi connectivity index (χ3n) is 3.33. The van der Waals surface area contributed by atoms with Crippen LogP contribution >= 0.6 is 0 Å². The summed E-state index contributed by atoms with van der Waals surface area (Å²) in [5, 5.41) is 19.4. The number of aliphatic hydroxyl groups is 1. The third kappa shape index (κ3) is 2.59. The minimum absolute atomic E-state index is 0.607. The summed E-state index contributed by atoms with van der Waals surface area (Å²) >= 11 is 0. The van der Waals surface area contributed by atoms with E-state index in [1.807, 2.05) is 32.0 Å². The van der Waals surface area contributed by atoms with Gasteiger partial charge in [-0.25, -0.2) is 0 Å². The van der Waals surface area contributed by atoms with Crippen molar-refractivity contribution in [3.63, 3.8) is 0 Å². The lowest BCUT2D eigenvalue weighted by Gasteiger charge is -2.26. The molecule has 0 saturated heterocycles. The van der Waals surface area contributed by atoms with Gasteiger partial charge in [0.15, 0.2) is 0 Å². The zero-order valence-corrected chi connectivity index (χ0v) is 10.8. The van der Waals surface area contributed by atoms with E-state index in [1.165, 1.54) is 0 Å². The van der Waals surface area contributed by atoms with Crippen LogP contribution in [0, 0.1) is 23.7 Å². The molecule has 0 spiro atoms. The molecule has 0 saturated carbocycles. The number of aryl methyl sites for hydroxylation is 1. The summed E-state index contributed by atoms with van der Waals surface area (Å²) in [6.45, 7) is 5.60. The van der Waals surface area contributed by atoms with Gasteiger partial charge in [0.25, 0.3) is 0 Å². The first-order chi connectivity index (χ1) is 7.98. The SMILES string of the molecule is CCC(C)(C#N)C(O)c1ccc(OC)c(C)c1. The Bertz CT molecular complexity index is 436. The largest absolute Gasteiger partial charge is 0.496 e. The van der Waals surface area contributed by atoms with E-state index in [1.54, 1.807) is 14.0 Å². The van der Waals surface area contributed by atoms with E-state index in [0.717, 1.165) is 16.9 Å². The van der Waals surface area contributed by atoms with Crippen LogP contribution < -0.4 is 4.74 Å². The van der Waals surface area contributed by atoms with E-state index in [9.17, 15) is 5.11 Å². The van der Waals surface area contributed by atoms with E-state index in [2.05, 4.69) is 6.07 Å². The summed E-state index contributed by atoms with van der Waals surface area (Å²) in [5.41, 5.74) is 0.968. The predicted molar refractivity (Wildman–Crippen MR) is 66.7 cm³/mol. The van der Waals surface area contributed by atoms with Gasteiger partial charge in [0.2, 0.25) is 0 Å². The summed E-state index contributed by atoms with van der Waals surface area (Å²) in [4.78, 5) is 0. The molecule has 2 atom stereocenters. The predicted octanol–water partition coefficient (Wildman–Crippen LogP) is 2.98. The highest BCUT2D eigenvalue weighted by Crippen LogP contribution is 2.37. The van der Waals surface area contributed by atoms with Crippen LogP contribution in [-0.2, 0) is 0 Å². The lowest BCUT2D eigenvalue weighted by Crippen LogP contribution is -2.23. The Kier molecular flexibility index (Phi) is 4.14. The summed E-state index contributed by atoms with van der Waals surface area (Å²) in [6, 6.07) is 7.69. The zero-order chi connectivity index (χ0) is 13.1. The first kappa shape index (κ1) is 13.5. The van der Waals surface area contributed by atoms with Crippen LogP contribution in [0.1, 0.15) is 37.5 Å². The Morgan fingerprint density at radius 1 is 1.53 bits per heavy atom. The van der Waals surface area contributed by atoms with Gasteiger partial charge in [-0.3, -0.25) is 0 Å². The van der Waals surface area contributed by atoms with Crippen LogP contribution in [0.5, 0.6) is 5.75 Å². The van der Waals surface area contributed by atoms with Crippen molar-refractivity contribution in [2.75, 3.05) is 7.11 Å². The van der Waals surface area contributed by atoms with Crippen LogP contribution in [-0.4, -0.2) is 12.2 Å². The smallest absolute Gasteiger partial charge is 0.121 e. The first-order valence-electron chi connectivity index (χ1n) is 5.72. The number of hydrogen-bond acceptors (Lipinski definition) is 3. The second-order valence-electron chi connectivity index (χ2n) is 4.51. The number of nitrogens with zero attached hydrogens (tertiary/aromatic N) is 1. The number of nitriles is 1. The van der Waals surface area contributed by atoms with E-state index in [4.69, 9.17) is 10.00 Å². The van der Waals surface area contributed by atoms with E-state index in [0.29, 0.717) is 6.42 Å². The van der Waals surface area contributed by atoms with Crippen molar-refractivity contribution in [3.05, 3.63) is 29.3 Å². The Morgan fingerprint density at radius 2 is 2.18 bits per heavy atom. The lowest BCUT2D eigenvalue weighted by atomic mass is 9.79. The molecule has 0 radical (unpaired) electrons. The fourth-order valence-corrected chi connectivity index (χ4v) is 1.77. The van der Waals surface area contributed by atoms with Gasteiger partial charge in [-0.1, -0.05) is 13.0 Å². The Labute approximate surface area is 103 Å². The van der Waals surface area contributed by atoms with Crippen LogP contribution in [0.3, 0.4) is 0 Å². The summed E-state index contributed by atoms with van der Waals surface area (Å²) in [6.07, 6.45) is -0.169.